The minimum atomic E-state index is 0.0732. The van der Waals surface area contributed by atoms with Crippen molar-refractivity contribution in [3.05, 3.63) is 0 Å². The van der Waals surface area contributed by atoms with Crippen LogP contribution in [0.1, 0.15) is 32.6 Å². The van der Waals surface area contributed by atoms with E-state index in [2.05, 4.69) is 17.1 Å². The maximum Gasteiger partial charge on any atom is 0.237 e. The van der Waals surface area contributed by atoms with Gasteiger partial charge in [-0.1, -0.05) is 6.92 Å². The summed E-state index contributed by atoms with van der Waals surface area (Å²) in [7, 11) is 0. The number of nitrogens with zero attached hydrogens (tertiary/aromatic N) is 1. The van der Waals surface area contributed by atoms with E-state index in [0.717, 1.165) is 45.3 Å². The van der Waals surface area contributed by atoms with Gasteiger partial charge in [0.15, 0.2) is 0 Å². The van der Waals surface area contributed by atoms with E-state index in [-0.39, 0.29) is 11.9 Å². The molecule has 1 amide bonds. The fourth-order valence-electron chi connectivity index (χ4n) is 2.10. The normalized spacial score (nSPS) is 22.6. The van der Waals surface area contributed by atoms with E-state index in [9.17, 15) is 4.79 Å². The van der Waals surface area contributed by atoms with Gasteiger partial charge in [0.2, 0.25) is 5.91 Å². The lowest BCUT2D eigenvalue weighted by atomic mass is 10.1. The van der Waals surface area contributed by atoms with Gasteiger partial charge in [0.25, 0.3) is 0 Å². The van der Waals surface area contributed by atoms with Crippen molar-refractivity contribution in [3.63, 3.8) is 0 Å². The standard InChI is InChI=1S/C11H23N3O/c1-2-14(9-5-7-12)10-6-3-4-8-13-11(10)15/h10H,2-9,12H2,1H3,(H,13,15). The number of nitrogens with one attached hydrogen (secondary N) is 1. The molecule has 4 nitrogen and oxygen atoms in total. The predicted molar refractivity (Wildman–Crippen MR) is 61.6 cm³/mol. The molecule has 1 fully saturated rings. The van der Waals surface area contributed by atoms with Gasteiger partial charge in [-0.05, 0) is 38.8 Å². The third-order valence-corrected chi connectivity index (χ3v) is 3.00. The van der Waals surface area contributed by atoms with Crippen LogP contribution < -0.4 is 11.1 Å². The highest BCUT2D eigenvalue weighted by molar-refractivity contribution is 5.81. The van der Waals surface area contributed by atoms with Crippen LogP contribution in [0.4, 0.5) is 0 Å². The van der Waals surface area contributed by atoms with Crippen molar-refractivity contribution in [2.24, 2.45) is 5.73 Å². The first kappa shape index (κ1) is 12.5. The smallest absolute Gasteiger partial charge is 0.237 e. The molecule has 1 unspecified atom stereocenters. The quantitative estimate of drug-likeness (QED) is 0.692. The van der Waals surface area contributed by atoms with Crippen molar-refractivity contribution < 1.29 is 4.79 Å². The molecule has 0 bridgehead atoms. The Morgan fingerprint density at radius 3 is 3.00 bits per heavy atom. The van der Waals surface area contributed by atoms with Crippen LogP contribution in [0.5, 0.6) is 0 Å². The zero-order valence-corrected chi connectivity index (χ0v) is 9.67. The molecule has 0 aliphatic carbocycles. The van der Waals surface area contributed by atoms with E-state index in [1.807, 2.05) is 0 Å². The Bertz CT molecular complexity index is 196. The minimum Gasteiger partial charge on any atom is -0.355 e. The van der Waals surface area contributed by atoms with Crippen LogP contribution in [0.3, 0.4) is 0 Å². The average molecular weight is 213 g/mol. The summed E-state index contributed by atoms with van der Waals surface area (Å²) in [5, 5.41) is 2.97. The highest BCUT2D eigenvalue weighted by atomic mass is 16.2. The molecular weight excluding hydrogens is 190 g/mol. The van der Waals surface area contributed by atoms with Gasteiger partial charge in [0, 0.05) is 13.1 Å². The van der Waals surface area contributed by atoms with Crippen molar-refractivity contribution in [1.29, 1.82) is 0 Å². The lowest BCUT2D eigenvalue weighted by molar-refractivity contribution is -0.126. The molecule has 0 spiro atoms. The summed E-state index contributed by atoms with van der Waals surface area (Å²) in [4.78, 5) is 14.0. The first-order chi connectivity index (χ1) is 7.29. The monoisotopic (exact) mass is 213 g/mol. The van der Waals surface area contributed by atoms with Crippen LogP contribution in [-0.2, 0) is 4.79 Å². The van der Waals surface area contributed by atoms with E-state index in [1.165, 1.54) is 0 Å². The lowest BCUT2D eigenvalue weighted by Crippen LogP contribution is -2.46. The number of amides is 1. The topological polar surface area (TPSA) is 58.4 Å². The van der Waals surface area contributed by atoms with Gasteiger partial charge in [0.05, 0.1) is 6.04 Å². The zero-order chi connectivity index (χ0) is 11.1. The second-order valence-corrected chi connectivity index (χ2v) is 4.07. The van der Waals surface area contributed by atoms with E-state index >= 15 is 0 Å². The third kappa shape index (κ3) is 3.80. The summed E-state index contributed by atoms with van der Waals surface area (Å²) < 4.78 is 0. The molecule has 1 aliphatic heterocycles. The molecule has 0 aromatic rings. The molecule has 1 heterocycles. The summed E-state index contributed by atoms with van der Waals surface area (Å²) >= 11 is 0. The van der Waals surface area contributed by atoms with Gasteiger partial charge < -0.3 is 11.1 Å². The number of carbonyl (C=O) groups is 1. The van der Waals surface area contributed by atoms with Crippen LogP contribution in [0, 0.1) is 0 Å². The minimum absolute atomic E-state index is 0.0732. The van der Waals surface area contributed by atoms with E-state index in [4.69, 9.17) is 5.73 Å². The first-order valence-corrected chi connectivity index (χ1v) is 6.01. The summed E-state index contributed by atoms with van der Waals surface area (Å²) in [5.41, 5.74) is 5.50. The molecule has 1 saturated heterocycles. The van der Waals surface area contributed by atoms with E-state index in [0.29, 0.717) is 6.54 Å². The molecule has 0 aromatic carbocycles. The Morgan fingerprint density at radius 2 is 2.33 bits per heavy atom. The van der Waals surface area contributed by atoms with Gasteiger partial charge in [-0.15, -0.1) is 0 Å². The number of rotatable bonds is 5. The Balaban J connectivity index is 2.51. The fourth-order valence-corrected chi connectivity index (χ4v) is 2.10. The molecule has 1 rings (SSSR count). The van der Waals surface area contributed by atoms with Crippen LogP contribution in [0.2, 0.25) is 0 Å². The summed E-state index contributed by atoms with van der Waals surface area (Å²) in [6.07, 6.45) is 4.21. The van der Waals surface area contributed by atoms with Crippen LogP contribution >= 0.6 is 0 Å². The highest BCUT2D eigenvalue weighted by Gasteiger charge is 2.25. The molecule has 0 aromatic heterocycles. The Morgan fingerprint density at radius 1 is 1.53 bits per heavy atom. The third-order valence-electron chi connectivity index (χ3n) is 3.00. The predicted octanol–water partition coefficient (Wildman–Crippen LogP) is 0.326. The fraction of sp³-hybridized carbons (Fsp3) is 0.909. The van der Waals surface area contributed by atoms with E-state index in [1.54, 1.807) is 0 Å². The maximum absolute atomic E-state index is 11.8. The Labute approximate surface area is 92.2 Å². The number of hydrogen-bond donors (Lipinski definition) is 2. The Hall–Kier alpha value is -0.610. The lowest BCUT2D eigenvalue weighted by Gasteiger charge is -2.28. The summed E-state index contributed by atoms with van der Waals surface area (Å²) in [6.45, 7) is 5.51. The molecule has 88 valence electrons. The molecule has 0 radical (unpaired) electrons. The summed E-state index contributed by atoms with van der Waals surface area (Å²) in [6, 6.07) is 0.0732. The van der Waals surface area contributed by atoms with Gasteiger partial charge in [-0.2, -0.15) is 0 Å². The van der Waals surface area contributed by atoms with Crippen LogP contribution in [0.25, 0.3) is 0 Å². The van der Waals surface area contributed by atoms with Gasteiger partial charge in [-0.25, -0.2) is 0 Å². The van der Waals surface area contributed by atoms with Gasteiger partial charge in [-0.3, -0.25) is 9.69 Å². The number of nitrogens with two attached hydrogens (primary N) is 1. The maximum atomic E-state index is 11.8. The summed E-state index contributed by atoms with van der Waals surface area (Å²) in [5.74, 6) is 0.200. The second-order valence-electron chi connectivity index (χ2n) is 4.07. The van der Waals surface area contributed by atoms with Crippen molar-refractivity contribution in [1.82, 2.24) is 10.2 Å². The van der Waals surface area contributed by atoms with Crippen molar-refractivity contribution in [2.75, 3.05) is 26.2 Å². The van der Waals surface area contributed by atoms with Gasteiger partial charge in [0.1, 0.15) is 0 Å². The zero-order valence-electron chi connectivity index (χ0n) is 9.67. The largest absolute Gasteiger partial charge is 0.355 e. The van der Waals surface area contributed by atoms with Crippen molar-refractivity contribution in [3.8, 4) is 0 Å². The van der Waals surface area contributed by atoms with E-state index < -0.39 is 0 Å². The average Bonchev–Trinajstić information content (AvgIpc) is 2.45. The number of likely N-dealkylation sites (N-methyl/N-ethyl adjacent to an activating group) is 1. The second kappa shape index (κ2) is 6.80. The highest BCUT2D eigenvalue weighted by Crippen LogP contribution is 2.12. The molecule has 0 saturated carbocycles. The van der Waals surface area contributed by atoms with Crippen molar-refractivity contribution in [2.45, 2.75) is 38.6 Å². The Kier molecular flexibility index (Phi) is 5.65. The molecule has 3 N–H and O–H groups in total. The molecular formula is C11H23N3O. The van der Waals surface area contributed by atoms with Gasteiger partial charge >= 0.3 is 0 Å². The number of carbonyl (C=O) groups excluding carboxylic acids is 1. The molecule has 1 atom stereocenters. The SMILES string of the molecule is CCN(CCCN)C1CCCCNC1=O. The molecule has 1 aliphatic rings. The van der Waals surface area contributed by atoms with Crippen molar-refractivity contribution >= 4 is 5.91 Å². The van der Waals surface area contributed by atoms with Crippen LogP contribution in [-0.4, -0.2) is 43.0 Å². The van der Waals surface area contributed by atoms with Crippen LogP contribution in [0.15, 0.2) is 0 Å². The molecule has 15 heavy (non-hydrogen) atoms. The number of hydrogen-bond acceptors (Lipinski definition) is 3. The molecule has 4 heteroatoms. The first-order valence-electron chi connectivity index (χ1n) is 6.01.